The summed E-state index contributed by atoms with van der Waals surface area (Å²) in [7, 11) is 0. The average Bonchev–Trinajstić information content (AvgIpc) is 2.54. The maximum Gasteiger partial charge on any atom is 0.198 e. The highest BCUT2D eigenvalue weighted by molar-refractivity contribution is 5.94. The monoisotopic (exact) mass is 302 g/mol. The Kier molecular flexibility index (Phi) is 4.36. The molecular weight excluding hydrogens is 283 g/mol. The lowest BCUT2D eigenvalue weighted by Gasteiger charge is -2.20. The summed E-state index contributed by atoms with van der Waals surface area (Å²) in [6.07, 6.45) is 7.41. The number of carbonyl (C=O) groups is 1. The van der Waals surface area contributed by atoms with Gasteiger partial charge in [0.05, 0.1) is 5.39 Å². The lowest BCUT2D eigenvalue weighted by Crippen LogP contribution is -2.11. The zero-order chi connectivity index (χ0) is 15.5. The molecule has 0 amide bonds. The van der Waals surface area contributed by atoms with Crippen LogP contribution < -0.4 is 5.43 Å². The molecule has 0 saturated heterocycles. The third-order valence-electron chi connectivity index (χ3n) is 4.47. The molecule has 1 saturated carbocycles. The number of rotatable bonds is 4. The summed E-state index contributed by atoms with van der Waals surface area (Å²) in [6, 6.07) is 4.94. The van der Waals surface area contributed by atoms with Gasteiger partial charge in [0.1, 0.15) is 11.4 Å². The quantitative estimate of drug-likeness (QED) is 0.783. The minimum Gasteiger partial charge on any atom is -0.453 e. The van der Waals surface area contributed by atoms with E-state index in [1.165, 1.54) is 50.3 Å². The lowest BCUT2D eigenvalue weighted by atomic mass is 9.85. The Balaban J connectivity index is 1.76. The molecule has 0 spiro atoms. The van der Waals surface area contributed by atoms with Crippen LogP contribution in [0.5, 0.6) is 0 Å². The predicted octanol–water partition coefficient (Wildman–Crippen LogP) is 4.48. The van der Waals surface area contributed by atoms with Gasteiger partial charge in [-0.05, 0) is 30.5 Å². The van der Waals surface area contributed by atoms with Gasteiger partial charge in [-0.3, -0.25) is 9.59 Å². The number of hydrogen-bond acceptors (Lipinski definition) is 3. The van der Waals surface area contributed by atoms with Crippen molar-refractivity contribution in [3.63, 3.8) is 0 Å². The van der Waals surface area contributed by atoms with E-state index in [2.05, 4.69) is 0 Å². The molecule has 3 nitrogen and oxygen atoms in total. The molecule has 0 atom stereocenters. The second-order valence-corrected chi connectivity index (χ2v) is 6.08. The van der Waals surface area contributed by atoms with E-state index in [0.717, 1.165) is 12.5 Å². The van der Waals surface area contributed by atoms with Crippen LogP contribution in [0.2, 0.25) is 0 Å². The van der Waals surface area contributed by atoms with Crippen molar-refractivity contribution in [3.05, 3.63) is 46.1 Å². The van der Waals surface area contributed by atoms with E-state index >= 15 is 0 Å². The van der Waals surface area contributed by atoms with E-state index in [9.17, 15) is 14.0 Å². The number of carbonyl (C=O) groups excluding carboxylic acids is 1. The van der Waals surface area contributed by atoms with Crippen LogP contribution in [0.1, 0.15) is 55.5 Å². The Labute approximate surface area is 128 Å². The minimum atomic E-state index is -0.490. The molecular formula is C18H19FO3. The van der Waals surface area contributed by atoms with Gasteiger partial charge in [-0.1, -0.05) is 32.1 Å². The van der Waals surface area contributed by atoms with Crippen molar-refractivity contribution < 1.29 is 13.6 Å². The number of Topliss-reactive ketones (excluding diaryl/α,β-unsaturated/α-hetero) is 1. The van der Waals surface area contributed by atoms with E-state index in [1.807, 2.05) is 0 Å². The zero-order valence-electron chi connectivity index (χ0n) is 12.4. The fourth-order valence-corrected chi connectivity index (χ4v) is 3.20. The Morgan fingerprint density at radius 3 is 2.73 bits per heavy atom. The summed E-state index contributed by atoms with van der Waals surface area (Å²) in [4.78, 5) is 24.2. The van der Waals surface area contributed by atoms with Crippen molar-refractivity contribution in [2.45, 2.75) is 44.9 Å². The first-order chi connectivity index (χ1) is 10.6. The molecule has 0 unspecified atom stereocenters. The largest absolute Gasteiger partial charge is 0.453 e. The highest BCUT2D eigenvalue weighted by Crippen LogP contribution is 2.28. The van der Waals surface area contributed by atoms with Crippen LogP contribution in [0.25, 0.3) is 11.0 Å². The van der Waals surface area contributed by atoms with Crippen molar-refractivity contribution >= 4 is 16.8 Å². The zero-order valence-corrected chi connectivity index (χ0v) is 12.4. The summed E-state index contributed by atoms with van der Waals surface area (Å²) >= 11 is 0. The Morgan fingerprint density at radius 2 is 1.95 bits per heavy atom. The summed E-state index contributed by atoms with van der Waals surface area (Å²) in [5, 5.41) is 0.170. The standard InChI is InChI=1S/C18H19FO3/c19-13-7-9-17-14(10-13)16(21)11-18(22-17)15(20)8-6-12-4-2-1-3-5-12/h7,9-12H,1-6,8H2. The Morgan fingerprint density at radius 1 is 1.18 bits per heavy atom. The number of fused-ring (bicyclic) bond motifs is 1. The first kappa shape index (κ1) is 14.9. The number of hydrogen-bond donors (Lipinski definition) is 0. The molecule has 3 rings (SSSR count). The molecule has 22 heavy (non-hydrogen) atoms. The van der Waals surface area contributed by atoms with Gasteiger partial charge in [0.2, 0.25) is 0 Å². The van der Waals surface area contributed by atoms with Gasteiger partial charge < -0.3 is 4.42 Å². The molecule has 0 radical (unpaired) electrons. The molecule has 1 aliphatic rings. The topological polar surface area (TPSA) is 47.3 Å². The van der Waals surface area contributed by atoms with Crippen LogP contribution in [0.3, 0.4) is 0 Å². The maximum atomic E-state index is 13.2. The molecule has 0 N–H and O–H groups in total. The first-order valence-electron chi connectivity index (χ1n) is 7.90. The first-order valence-corrected chi connectivity index (χ1v) is 7.90. The van der Waals surface area contributed by atoms with Gasteiger partial charge in [0.15, 0.2) is 17.0 Å². The molecule has 4 heteroatoms. The maximum absolute atomic E-state index is 13.2. The minimum absolute atomic E-state index is 0.0833. The molecule has 0 aliphatic heterocycles. The summed E-state index contributed by atoms with van der Waals surface area (Å²) in [5.74, 6) is 0.0592. The average molecular weight is 302 g/mol. The van der Waals surface area contributed by atoms with Crippen molar-refractivity contribution in [1.82, 2.24) is 0 Å². The van der Waals surface area contributed by atoms with E-state index in [1.54, 1.807) is 0 Å². The molecule has 1 aromatic carbocycles. The molecule has 1 heterocycles. The van der Waals surface area contributed by atoms with Crippen LogP contribution in [-0.4, -0.2) is 5.78 Å². The molecule has 1 fully saturated rings. The predicted molar refractivity (Wildman–Crippen MR) is 82.6 cm³/mol. The Bertz CT molecular complexity index is 742. The molecule has 0 bridgehead atoms. The van der Waals surface area contributed by atoms with E-state index < -0.39 is 5.82 Å². The van der Waals surface area contributed by atoms with Crippen LogP contribution in [0.4, 0.5) is 4.39 Å². The molecule has 1 aliphatic carbocycles. The SMILES string of the molecule is O=C(CCC1CCCCC1)c1cc(=O)c2cc(F)ccc2o1. The van der Waals surface area contributed by atoms with Crippen LogP contribution >= 0.6 is 0 Å². The van der Waals surface area contributed by atoms with E-state index in [0.29, 0.717) is 12.3 Å². The van der Waals surface area contributed by atoms with Gasteiger partial charge in [0.25, 0.3) is 0 Å². The fraction of sp³-hybridized carbons (Fsp3) is 0.444. The van der Waals surface area contributed by atoms with Gasteiger partial charge >= 0.3 is 0 Å². The van der Waals surface area contributed by atoms with Gasteiger partial charge in [0, 0.05) is 12.5 Å². The third kappa shape index (κ3) is 3.26. The second kappa shape index (κ2) is 6.42. The fourth-order valence-electron chi connectivity index (χ4n) is 3.20. The van der Waals surface area contributed by atoms with Crippen molar-refractivity contribution in [2.24, 2.45) is 5.92 Å². The van der Waals surface area contributed by atoms with Crippen LogP contribution in [0.15, 0.2) is 33.5 Å². The van der Waals surface area contributed by atoms with E-state index in [4.69, 9.17) is 4.42 Å². The van der Waals surface area contributed by atoms with Gasteiger partial charge in [-0.2, -0.15) is 0 Å². The molecule has 116 valence electrons. The van der Waals surface area contributed by atoms with E-state index in [-0.39, 0.29) is 27.9 Å². The van der Waals surface area contributed by atoms with Crippen molar-refractivity contribution in [3.8, 4) is 0 Å². The molecule has 1 aromatic heterocycles. The summed E-state index contributed by atoms with van der Waals surface area (Å²) < 4.78 is 18.6. The van der Waals surface area contributed by atoms with Crippen molar-refractivity contribution in [1.29, 1.82) is 0 Å². The second-order valence-electron chi connectivity index (χ2n) is 6.08. The number of ketones is 1. The van der Waals surface area contributed by atoms with Gasteiger partial charge in [-0.15, -0.1) is 0 Å². The lowest BCUT2D eigenvalue weighted by molar-refractivity contribution is 0.0943. The third-order valence-corrected chi connectivity index (χ3v) is 4.47. The highest BCUT2D eigenvalue weighted by Gasteiger charge is 2.17. The van der Waals surface area contributed by atoms with Crippen molar-refractivity contribution in [2.75, 3.05) is 0 Å². The van der Waals surface area contributed by atoms with Crippen LogP contribution in [-0.2, 0) is 0 Å². The number of benzene rings is 1. The smallest absolute Gasteiger partial charge is 0.198 e. The van der Waals surface area contributed by atoms with Crippen LogP contribution in [0, 0.1) is 11.7 Å². The molecule has 2 aromatic rings. The summed E-state index contributed by atoms with van der Waals surface area (Å²) in [6.45, 7) is 0. The summed E-state index contributed by atoms with van der Waals surface area (Å²) in [5.41, 5.74) is -0.114. The normalized spacial score (nSPS) is 16.0. The number of halogens is 1. The Hall–Kier alpha value is -1.97. The highest BCUT2D eigenvalue weighted by atomic mass is 19.1. The van der Waals surface area contributed by atoms with Gasteiger partial charge in [-0.25, -0.2) is 4.39 Å².